The van der Waals surface area contributed by atoms with Crippen molar-refractivity contribution in [1.82, 2.24) is 14.3 Å². The molecule has 33 heavy (non-hydrogen) atoms. The molecule has 0 radical (unpaired) electrons. The van der Waals surface area contributed by atoms with Gasteiger partial charge in [-0.3, -0.25) is 9.48 Å². The number of aromatic nitrogens is 3. The van der Waals surface area contributed by atoms with Crippen molar-refractivity contribution in [2.24, 2.45) is 0 Å². The number of nitrogens with one attached hydrogen (secondary N) is 1. The van der Waals surface area contributed by atoms with Crippen LogP contribution in [0, 0.1) is 19.7 Å². The molecule has 0 aliphatic heterocycles. The van der Waals surface area contributed by atoms with Gasteiger partial charge in [0.2, 0.25) is 0 Å². The Morgan fingerprint density at radius 3 is 2.55 bits per heavy atom. The molecule has 1 amide bonds. The highest BCUT2D eigenvalue weighted by Gasteiger charge is 2.17. The van der Waals surface area contributed by atoms with Gasteiger partial charge in [0.05, 0.1) is 22.5 Å². The highest BCUT2D eigenvalue weighted by molar-refractivity contribution is 7.17. The number of halogens is 1. The molecule has 0 spiro atoms. The summed E-state index contributed by atoms with van der Waals surface area (Å²) in [7, 11) is 0. The third-order valence-electron chi connectivity index (χ3n) is 5.61. The summed E-state index contributed by atoms with van der Waals surface area (Å²) in [5.41, 5.74) is 6.17. The van der Waals surface area contributed by atoms with Crippen LogP contribution in [0.1, 0.15) is 33.0 Å². The monoisotopic (exact) mass is 458 g/mol. The zero-order chi connectivity index (χ0) is 22.9. The summed E-state index contributed by atoms with van der Waals surface area (Å²) in [5, 5.41) is 9.55. The van der Waals surface area contributed by atoms with E-state index in [0.29, 0.717) is 18.8 Å². The van der Waals surface area contributed by atoms with Crippen LogP contribution >= 0.6 is 11.3 Å². The summed E-state index contributed by atoms with van der Waals surface area (Å²) in [6.07, 6.45) is 0. The first-order valence-electron chi connectivity index (χ1n) is 10.7. The van der Waals surface area contributed by atoms with Crippen molar-refractivity contribution in [2.45, 2.75) is 26.9 Å². The van der Waals surface area contributed by atoms with E-state index < -0.39 is 0 Å². The second kappa shape index (κ2) is 8.67. The van der Waals surface area contributed by atoms with E-state index in [-0.39, 0.29) is 11.7 Å². The summed E-state index contributed by atoms with van der Waals surface area (Å²) in [6.45, 7) is 5.06. The minimum absolute atomic E-state index is 0.196. The molecular weight excluding hydrogens is 435 g/mol. The van der Waals surface area contributed by atoms with Gasteiger partial charge < -0.3 is 9.88 Å². The fourth-order valence-corrected chi connectivity index (χ4v) is 4.93. The van der Waals surface area contributed by atoms with E-state index in [1.165, 1.54) is 12.1 Å². The quantitative estimate of drug-likeness (QED) is 0.339. The number of fused-ring (bicyclic) bond motifs is 1. The van der Waals surface area contributed by atoms with E-state index >= 15 is 0 Å². The molecule has 0 aliphatic carbocycles. The van der Waals surface area contributed by atoms with Crippen LogP contribution in [0.25, 0.3) is 10.2 Å². The second-order valence-corrected chi connectivity index (χ2v) is 9.10. The van der Waals surface area contributed by atoms with Gasteiger partial charge in [0.1, 0.15) is 11.5 Å². The lowest BCUT2D eigenvalue weighted by Crippen LogP contribution is -2.17. The molecule has 5 aromatic rings. The average molecular weight is 459 g/mol. The summed E-state index contributed by atoms with van der Waals surface area (Å²) in [4.78, 5) is 13.3. The summed E-state index contributed by atoms with van der Waals surface area (Å²) in [6, 6.07) is 20.2. The topological polar surface area (TPSA) is 51.9 Å². The average Bonchev–Trinajstić information content (AvgIpc) is 3.44. The molecule has 0 saturated heterocycles. The Kier molecular flexibility index (Phi) is 5.56. The van der Waals surface area contributed by atoms with Crippen molar-refractivity contribution in [2.75, 3.05) is 5.32 Å². The van der Waals surface area contributed by atoms with Gasteiger partial charge in [-0.25, -0.2) is 4.39 Å². The molecule has 166 valence electrons. The predicted octanol–water partition coefficient (Wildman–Crippen LogP) is 6.00. The standard InChI is InChI=1S/C26H23FN4OS/c1-17-11-18(2)31(29-17)16-20-6-4-8-22(13-20)28-26(32)24-14-25-23(9-10-33-25)30(24)15-19-5-3-7-21(27)12-19/h3-14H,15-16H2,1-2H3,(H,28,32). The molecule has 1 N–H and O–H groups in total. The maximum Gasteiger partial charge on any atom is 0.272 e. The Labute approximate surface area is 195 Å². The van der Waals surface area contributed by atoms with Crippen LogP contribution < -0.4 is 5.32 Å². The minimum Gasteiger partial charge on any atom is -0.331 e. The third kappa shape index (κ3) is 4.45. The van der Waals surface area contributed by atoms with E-state index in [2.05, 4.69) is 10.4 Å². The van der Waals surface area contributed by atoms with Crippen LogP contribution in [0.3, 0.4) is 0 Å². The second-order valence-electron chi connectivity index (χ2n) is 8.15. The van der Waals surface area contributed by atoms with E-state index in [0.717, 1.165) is 38.4 Å². The van der Waals surface area contributed by atoms with E-state index in [1.807, 2.05) is 77.0 Å². The number of carbonyl (C=O) groups excluding carboxylic acids is 1. The highest BCUT2D eigenvalue weighted by atomic mass is 32.1. The first-order valence-corrected chi connectivity index (χ1v) is 11.6. The largest absolute Gasteiger partial charge is 0.331 e. The van der Waals surface area contributed by atoms with E-state index in [4.69, 9.17) is 0 Å². The van der Waals surface area contributed by atoms with Crippen molar-refractivity contribution in [3.8, 4) is 0 Å². The van der Waals surface area contributed by atoms with Gasteiger partial charge in [-0.05, 0) is 72.8 Å². The van der Waals surface area contributed by atoms with Gasteiger partial charge in [-0.1, -0.05) is 24.3 Å². The maximum atomic E-state index is 13.7. The Bertz CT molecular complexity index is 1460. The number of amides is 1. The number of aryl methyl sites for hydroxylation is 2. The number of hydrogen-bond donors (Lipinski definition) is 1. The Balaban J connectivity index is 1.41. The smallest absolute Gasteiger partial charge is 0.272 e. The SMILES string of the molecule is Cc1cc(C)n(Cc2cccc(NC(=O)c3cc4sccc4n3Cc3cccc(F)c3)c2)n1. The summed E-state index contributed by atoms with van der Waals surface area (Å²) < 4.78 is 18.6. The van der Waals surface area contributed by atoms with E-state index in [9.17, 15) is 9.18 Å². The Hall–Kier alpha value is -3.71. The van der Waals surface area contributed by atoms with Crippen molar-refractivity contribution >= 4 is 33.1 Å². The molecule has 7 heteroatoms. The lowest BCUT2D eigenvalue weighted by molar-refractivity contribution is 0.101. The van der Waals surface area contributed by atoms with Gasteiger partial charge in [0, 0.05) is 17.9 Å². The van der Waals surface area contributed by atoms with Crippen LogP contribution in [0.4, 0.5) is 10.1 Å². The van der Waals surface area contributed by atoms with Gasteiger partial charge in [0.25, 0.3) is 5.91 Å². The molecular formula is C26H23FN4OS. The van der Waals surface area contributed by atoms with Crippen LogP contribution in [0.15, 0.2) is 72.1 Å². The third-order valence-corrected chi connectivity index (χ3v) is 6.46. The van der Waals surface area contributed by atoms with Crippen LogP contribution in [0.2, 0.25) is 0 Å². The molecule has 2 aromatic carbocycles. The van der Waals surface area contributed by atoms with Crippen LogP contribution in [0.5, 0.6) is 0 Å². The maximum absolute atomic E-state index is 13.7. The molecule has 5 rings (SSSR count). The van der Waals surface area contributed by atoms with Gasteiger partial charge in [-0.15, -0.1) is 11.3 Å². The normalized spacial score (nSPS) is 11.2. The minimum atomic E-state index is -0.286. The van der Waals surface area contributed by atoms with Crippen molar-refractivity contribution < 1.29 is 9.18 Å². The molecule has 5 nitrogen and oxygen atoms in total. The van der Waals surface area contributed by atoms with Crippen molar-refractivity contribution in [3.63, 3.8) is 0 Å². The molecule has 0 bridgehead atoms. The Morgan fingerprint density at radius 1 is 1.00 bits per heavy atom. The van der Waals surface area contributed by atoms with Crippen molar-refractivity contribution in [1.29, 1.82) is 0 Å². The van der Waals surface area contributed by atoms with E-state index in [1.54, 1.807) is 17.4 Å². The van der Waals surface area contributed by atoms with Gasteiger partial charge in [0.15, 0.2) is 0 Å². The number of carbonyl (C=O) groups is 1. The number of benzene rings is 2. The van der Waals surface area contributed by atoms with Crippen LogP contribution in [-0.2, 0) is 13.1 Å². The molecule has 0 fully saturated rings. The lowest BCUT2D eigenvalue weighted by atomic mass is 10.2. The molecule has 3 heterocycles. The predicted molar refractivity (Wildman–Crippen MR) is 131 cm³/mol. The number of thiophene rings is 1. The van der Waals surface area contributed by atoms with Gasteiger partial charge in [-0.2, -0.15) is 5.10 Å². The molecule has 0 saturated carbocycles. The van der Waals surface area contributed by atoms with Gasteiger partial charge >= 0.3 is 0 Å². The fourth-order valence-electron chi connectivity index (χ4n) is 4.10. The van der Waals surface area contributed by atoms with Crippen molar-refractivity contribution in [3.05, 3.63) is 106 Å². The zero-order valence-electron chi connectivity index (χ0n) is 18.4. The first-order chi connectivity index (χ1) is 16.0. The summed E-state index contributed by atoms with van der Waals surface area (Å²) >= 11 is 1.58. The molecule has 0 aliphatic rings. The lowest BCUT2D eigenvalue weighted by Gasteiger charge is -2.12. The Morgan fingerprint density at radius 2 is 1.79 bits per heavy atom. The zero-order valence-corrected chi connectivity index (χ0v) is 19.2. The number of hydrogen-bond acceptors (Lipinski definition) is 3. The molecule has 0 unspecified atom stereocenters. The molecule has 0 atom stereocenters. The number of anilines is 1. The fraction of sp³-hybridized carbons (Fsp3) is 0.154. The highest BCUT2D eigenvalue weighted by Crippen LogP contribution is 2.27. The number of nitrogens with zero attached hydrogens (tertiary/aromatic N) is 3. The number of rotatable bonds is 6. The van der Waals surface area contributed by atoms with Crippen LogP contribution in [-0.4, -0.2) is 20.3 Å². The molecule has 3 aromatic heterocycles. The summed E-state index contributed by atoms with van der Waals surface area (Å²) in [5.74, 6) is -0.482. The first kappa shape index (κ1) is 21.2.